The molecule has 2 N–H and O–H groups in total. The Morgan fingerprint density at radius 1 is 1.55 bits per heavy atom. The molecule has 114 valence electrons. The fraction of sp³-hybridized carbons (Fsp3) is 0.286. The molecule has 0 aliphatic rings. The molecule has 0 fully saturated rings. The predicted molar refractivity (Wildman–Crippen MR) is 78.9 cm³/mol. The van der Waals surface area contributed by atoms with Gasteiger partial charge in [0.2, 0.25) is 0 Å². The van der Waals surface area contributed by atoms with Gasteiger partial charge in [0, 0.05) is 6.20 Å². The molecule has 0 aliphatic carbocycles. The third-order valence-corrected chi connectivity index (χ3v) is 2.85. The highest BCUT2D eigenvalue weighted by Gasteiger charge is 2.18. The summed E-state index contributed by atoms with van der Waals surface area (Å²) in [7, 11) is 0. The normalized spacial score (nSPS) is 12.0. The van der Waals surface area contributed by atoms with Crippen LogP contribution in [-0.2, 0) is 6.54 Å². The van der Waals surface area contributed by atoms with Crippen LogP contribution in [0.4, 0.5) is 10.2 Å². The minimum absolute atomic E-state index is 0.0703. The average Bonchev–Trinajstić information content (AvgIpc) is 3.10. The molecule has 22 heavy (non-hydrogen) atoms. The highest BCUT2D eigenvalue weighted by Crippen LogP contribution is 2.25. The summed E-state index contributed by atoms with van der Waals surface area (Å²) in [6, 6.07) is 2.04. The summed E-state index contributed by atoms with van der Waals surface area (Å²) in [6.45, 7) is 1.48. The van der Waals surface area contributed by atoms with Crippen LogP contribution in [0.15, 0.2) is 29.1 Å². The summed E-state index contributed by atoms with van der Waals surface area (Å²) in [5, 5.41) is 16.2. The molecular weight excluding hydrogens is 287 g/mol. The van der Waals surface area contributed by atoms with E-state index < -0.39 is 6.67 Å². The van der Waals surface area contributed by atoms with Crippen molar-refractivity contribution in [2.45, 2.75) is 19.9 Å². The van der Waals surface area contributed by atoms with Gasteiger partial charge in [0.1, 0.15) is 13.2 Å². The summed E-state index contributed by atoms with van der Waals surface area (Å²) in [5.74, 6) is 0.475. The third-order valence-electron chi connectivity index (χ3n) is 2.85. The molecule has 0 saturated heterocycles. The lowest BCUT2D eigenvalue weighted by atomic mass is 10.1. The number of aromatic nitrogens is 4. The van der Waals surface area contributed by atoms with Gasteiger partial charge < -0.3 is 10.3 Å². The van der Waals surface area contributed by atoms with E-state index in [1.807, 2.05) is 19.1 Å². The van der Waals surface area contributed by atoms with Crippen LogP contribution < -0.4 is 5.73 Å². The van der Waals surface area contributed by atoms with Gasteiger partial charge in [-0.2, -0.15) is 5.26 Å². The second kappa shape index (κ2) is 7.17. The van der Waals surface area contributed by atoms with Gasteiger partial charge >= 0.3 is 0 Å². The topological polar surface area (TPSA) is 107 Å². The molecule has 0 spiro atoms. The van der Waals surface area contributed by atoms with Crippen LogP contribution in [0, 0.1) is 11.3 Å². The van der Waals surface area contributed by atoms with Crippen LogP contribution in [0.2, 0.25) is 0 Å². The number of nitriles is 1. The van der Waals surface area contributed by atoms with E-state index in [1.165, 1.54) is 6.08 Å². The van der Waals surface area contributed by atoms with Gasteiger partial charge in [0.25, 0.3) is 0 Å². The van der Waals surface area contributed by atoms with Gasteiger partial charge in [-0.3, -0.25) is 0 Å². The summed E-state index contributed by atoms with van der Waals surface area (Å²) in [4.78, 5) is 4.43. The minimum atomic E-state index is -0.563. The van der Waals surface area contributed by atoms with Gasteiger partial charge in [0.15, 0.2) is 17.3 Å². The number of nitrogen functional groups attached to an aromatic ring is 1. The van der Waals surface area contributed by atoms with Crippen LogP contribution in [-0.4, -0.2) is 26.5 Å². The van der Waals surface area contributed by atoms with Crippen molar-refractivity contribution < 1.29 is 9.02 Å². The number of imidazole rings is 1. The number of alkyl halides is 1. The largest absolute Gasteiger partial charge is 0.379 e. The quantitative estimate of drug-likeness (QED) is 0.821. The van der Waals surface area contributed by atoms with E-state index in [2.05, 4.69) is 19.9 Å². The van der Waals surface area contributed by atoms with E-state index in [9.17, 15) is 4.39 Å². The van der Waals surface area contributed by atoms with E-state index >= 15 is 0 Å². The maximum atomic E-state index is 12.4. The van der Waals surface area contributed by atoms with Crippen LogP contribution in [0.3, 0.4) is 0 Å². The van der Waals surface area contributed by atoms with Crippen LogP contribution in [0.25, 0.3) is 17.1 Å². The summed E-state index contributed by atoms with van der Waals surface area (Å²) in [6.07, 6.45) is 7.42. The molecule has 0 unspecified atom stereocenters. The first-order valence-electron chi connectivity index (χ1n) is 6.66. The molecule has 0 bridgehead atoms. The van der Waals surface area contributed by atoms with Crippen molar-refractivity contribution in [3.05, 3.63) is 30.1 Å². The van der Waals surface area contributed by atoms with Gasteiger partial charge in [-0.15, -0.1) is 0 Å². The Bertz CT molecular complexity index is 737. The molecule has 7 nitrogen and oxygen atoms in total. The van der Waals surface area contributed by atoms with Crippen molar-refractivity contribution in [2.75, 3.05) is 12.4 Å². The monoisotopic (exact) mass is 302 g/mol. The van der Waals surface area contributed by atoms with Gasteiger partial charge in [-0.25, -0.2) is 14.0 Å². The van der Waals surface area contributed by atoms with Crippen molar-refractivity contribution >= 4 is 11.4 Å². The van der Waals surface area contributed by atoms with Gasteiger partial charge in [-0.05, 0) is 22.3 Å². The van der Waals surface area contributed by atoms with E-state index in [-0.39, 0.29) is 18.1 Å². The van der Waals surface area contributed by atoms with Gasteiger partial charge in [-0.1, -0.05) is 25.2 Å². The summed E-state index contributed by atoms with van der Waals surface area (Å²) in [5.41, 5.74) is 7.30. The molecule has 2 rings (SSSR count). The number of halogens is 1. The third kappa shape index (κ3) is 3.20. The predicted octanol–water partition coefficient (Wildman–Crippen LogP) is 2.36. The Labute approximate surface area is 126 Å². The molecule has 2 aromatic heterocycles. The zero-order valence-corrected chi connectivity index (χ0v) is 12.0. The summed E-state index contributed by atoms with van der Waals surface area (Å²) >= 11 is 0. The molecule has 0 aliphatic heterocycles. The Balaban J connectivity index is 2.51. The van der Waals surface area contributed by atoms with Crippen LogP contribution >= 0.6 is 0 Å². The molecule has 2 aromatic rings. The fourth-order valence-electron chi connectivity index (χ4n) is 1.94. The van der Waals surface area contributed by atoms with Crippen molar-refractivity contribution in [3.8, 4) is 17.6 Å². The van der Waals surface area contributed by atoms with E-state index in [0.717, 1.165) is 12.0 Å². The minimum Gasteiger partial charge on any atom is -0.379 e. The second-order valence-corrected chi connectivity index (χ2v) is 4.36. The Hall–Kier alpha value is -2.95. The number of anilines is 1. The molecule has 0 amide bonds. The van der Waals surface area contributed by atoms with Crippen molar-refractivity contribution in [1.82, 2.24) is 19.9 Å². The summed E-state index contributed by atoms with van der Waals surface area (Å²) < 4.78 is 18.5. The van der Waals surface area contributed by atoms with Crippen molar-refractivity contribution in [1.29, 1.82) is 5.26 Å². The highest BCUT2D eigenvalue weighted by molar-refractivity contribution is 5.74. The van der Waals surface area contributed by atoms with E-state index in [1.54, 1.807) is 16.8 Å². The molecule has 0 radical (unpaired) electrons. The smallest absolute Gasteiger partial charge is 0.199 e. The van der Waals surface area contributed by atoms with Gasteiger partial charge in [0.05, 0.1) is 11.8 Å². The Morgan fingerprint density at radius 3 is 2.95 bits per heavy atom. The van der Waals surface area contributed by atoms with Crippen LogP contribution in [0.5, 0.6) is 0 Å². The molecule has 0 aromatic carbocycles. The van der Waals surface area contributed by atoms with Crippen molar-refractivity contribution in [2.24, 2.45) is 0 Å². The Morgan fingerprint density at radius 2 is 2.36 bits per heavy atom. The number of rotatable bonds is 6. The highest BCUT2D eigenvalue weighted by atomic mass is 19.1. The van der Waals surface area contributed by atoms with Crippen molar-refractivity contribution in [3.63, 3.8) is 0 Å². The molecular formula is C14H15FN6O. The molecule has 0 saturated carbocycles. The SMILES string of the molecule is CC/C=C(\C=C/CF)c1cn(CC#N)c(-c2nonc2N)n1. The average molecular weight is 302 g/mol. The standard InChI is InChI=1S/C14H15FN6O/c1-2-4-10(5-3-6-15)11-9-21(8-7-16)14(18-11)12-13(17)20-22-19-12/h3-5,9H,2,6,8H2,1H3,(H2,17,20)/b5-3-,10-4+. The van der Waals surface area contributed by atoms with E-state index in [4.69, 9.17) is 11.0 Å². The Kier molecular flexibility index (Phi) is 5.03. The lowest BCUT2D eigenvalue weighted by Crippen LogP contribution is -1.99. The first-order valence-corrected chi connectivity index (χ1v) is 6.66. The lowest BCUT2D eigenvalue weighted by Gasteiger charge is -1.98. The number of nitrogens with two attached hydrogens (primary N) is 1. The molecule has 0 atom stereocenters. The number of hydrogen-bond donors (Lipinski definition) is 1. The number of allylic oxidation sites excluding steroid dienone is 4. The zero-order chi connectivity index (χ0) is 15.9. The number of hydrogen-bond acceptors (Lipinski definition) is 6. The zero-order valence-electron chi connectivity index (χ0n) is 12.0. The fourth-order valence-corrected chi connectivity index (χ4v) is 1.94. The first-order chi connectivity index (χ1) is 10.7. The lowest BCUT2D eigenvalue weighted by molar-refractivity contribution is 0.310. The van der Waals surface area contributed by atoms with Crippen LogP contribution in [0.1, 0.15) is 19.0 Å². The maximum Gasteiger partial charge on any atom is 0.199 e. The van der Waals surface area contributed by atoms with E-state index in [0.29, 0.717) is 11.5 Å². The first kappa shape index (κ1) is 15.4. The number of nitrogens with zero attached hydrogens (tertiary/aromatic N) is 5. The maximum absolute atomic E-state index is 12.4. The molecule has 2 heterocycles. The molecule has 8 heteroatoms. The second-order valence-electron chi connectivity index (χ2n) is 4.36.